The fraction of sp³-hybridized carbons (Fsp3) is 0.238. The van der Waals surface area contributed by atoms with Gasteiger partial charge < -0.3 is 4.74 Å². The molecule has 2 aromatic carbocycles. The summed E-state index contributed by atoms with van der Waals surface area (Å²) in [6, 6.07) is 15.2. The van der Waals surface area contributed by atoms with Gasteiger partial charge in [-0.05, 0) is 60.9 Å². The smallest absolute Gasteiger partial charge is 0.118 e. The third-order valence-corrected chi connectivity index (χ3v) is 3.44. The van der Waals surface area contributed by atoms with Crippen LogP contribution in [0, 0.1) is 11.8 Å². The second-order valence-corrected chi connectivity index (χ2v) is 5.30. The van der Waals surface area contributed by atoms with E-state index in [1.54, 1.807) is 13.2 Å². The van der Waals surface area contributed by atoms with Crippen molar-refractivity contribution in [2.45, 2.75) is 26.2 Å². The minimum absolute atomic E-state index is 0.0658. The van der Waals surface area contributed by atoms with Crippen LogP contribution in [0.2, 0.25) is 0 Å². The molecule has 0 fully saturated rings. The van der Waals surface area contributed by atoms with Gasteiger partial charge in [-0.1, -0.05) is 37.3 Å². The zero-order valence-electron chi connectivity index (χ0n) is 13.6. The molecule has 0 N–H and O–H groups in total. The number of rotatable bonds is 5. The van der Waals surface area contributed by atoms with E-state index >= 15 is 0 Å². The largest absolute Gasteiger partial charge is 0.497 e. The van der Waals surface area contributed by atoms with E-state index in [2.05, 4.69) is 18.8 Å². The van der Waals surface area contributed by atoms with E-state index in [4.69, 9.17) is 4.74 Å². The minimum atomic E-state index is -0.0658. The van der Waals surface area contributed by atoms with Crippen molar-refractivity contribution in [3.8, 4) is 17.6 Å². The highest BCUT2D eigenvalue weighted by Gasteiger charge is 1.96. The molecule has 0 unspecified atom stereocenters. The summed E-state index contributed by atoms with van der Waals surface area (Å²) in [5, 5.41) is 0. The van der Waals surface area contributed by atoms with Gasteiger partial charge in [-0.15, -0.1) is 0 Å². The minimum Gasteiger partial charge on any atom is -0.497 e. The second kappa shape index (κ2) is 8.80. The summed E-state index contributed by atoms with van der Waals surface area (Å²) in [7, 11) is 1.64. The first-order valence-electron chi connectivity index (χ1n) is 7.83. The molecule has 2 heteroatoms. The Hall–Kier alpha value is -2.53. The van der Waals surface area contributed by atoms with E-state index in [1.165, 1.54) is 0 Å². The monoisotopic (exact) mass is 308 g/mol. The van der Waals surface area contributed by atoms with Gasteiger partial charge in [0.1, 0.15) is 11.6 Å². The fourth-order valence-electron chi connectivity index (χ4n) is 2.08. The highest BCUT2D eigenvalue weighted by molar-refractivity contribution is 5.53. The Morgan fingerprint density at radius 2 is 1.57 bits per heavy atom. The van der Waals surface area contributed by atoms with E-state index < -0.39 is 0 Å². The topological polar surface area (TPSA) is 9.23 Å². The molecule has 0 aromatic heterocycles. The number of ether oxygens (including phenoxy) is 1. The average molecular weight is 308 g/mol. The van der Waals surface area contributed by atoms with Crippen LogP contribution in [0.4, 0.5) is 4.39 Å². The molecule has 0 spiro atoms. The number of allylic oxidation sites excluding steroid dienone is 1. The van der Waals surface area contributed by atoms with Gasteiger partial charge in [0.25, 0.3) is 0 Å². The van der Waals surface area contributed by atoms with Gasteiger partial charge in [0.2, 0.25) is 0 Å². The van der Waals surface area contributed by atoms with Crippen LogP contribution in [-0.2, 0) is 0 Å². The summed E-state index contributed by atoms with van der Waals surface area (Å²) in [5.74, 6) is 6.96. The van der Waals surface area contributed by atoms with Crippen molar-refractivity contribution >= 4 is 6.08 Å². The number of methoxy groups -OCH3 is 1. The first-order chi connectivity index (χ1) is 11.2. The van der Waals surface area contributed by atoms with Crippen LogP contribution in [0.25, 0.3) is 6.08 Å². The lowest BCUT2D eigenvalue weighted by atomic mass is 10.1. The molecule has 2 rings (SSSR count). The van der Waals surface area contributed by atoms with E-state index in [9.17, 15) is 4.39 Å². The van der Waals surface area contributed by atoms with Gasteiger partial charge in [-0.3, -0.25) is 0 Å². The van der Waals surface area contributed by atoms with Crippen LogP contribution >= 0.6 is 0 Å². The summed E-state index contributed by atoms with van der Waals surface area (Å²) in [6.07, 6.45) is 3.99. The number of halogens is 1. The Balaban J connectivity index is 2.04. The van der Waals surface area contributed by atoms with Gasteiger partial charge >= 0.3 is 0 Å². The van der Waals surface area contributed by atoms with E-state index in [1.807, 2.05) is 48.5 Å². The maximum Gasteiger partial charge on any atom is 0.118 e. The van der Waals surface area contributed by atoms with Crippen molar-refractivity contribution in [1.29, 1.82) is 0 Å². The lowest BCUT2D eigenvalue weighted by molar-refractivity contribution is 0.415. The van der Waals surface area contributed by atoms with E-state index in [0.29, 0.717) is 6.42 Å². The molecule has 0 bridgehead atoms. The standard InChI is InChI=1S/C21H21FO/c1-3-4-5-20(22)16-19-10-8-17(9-11-19)6-7-18-12-14-21(23-2)15-13-18/h8-16H,3-5H2,1-2H3/b20-16+. The van der Waals surface area contributed by atoms with Crippen molar-refractivity contribution in [1.82, 2.24) is 0 Å². The number of hydrogen-bond acceptors (Lipinski definition) is 1. The Morgan fingerprint density at radius 3 is 2.09 bits per heavy atom. The van der Waals surface area contributed by atoms with Crippen molar-refractivity contribution in [2.75, 3.05) is 7.11 Å². The van der Waals surface area contributed by atoms with Crippen LogP contribution in [0.3, 0.4) is 0 Å². The van der Waals surface area contributed by atoms with Crippen LogP contribution in [0.15, 0.2) is 54.4 Å². The second-order valence-electron chi connectivity index (χ2n) is 5.30. The summed E-state index contributed by atoms with van der Waals surface area (Å²) in [5.41, 5.74) is 2.71. The van der Waals surface area contributed by atoms with Gasteiger partial charge in [0, 0.05) is 11.1 Å². The van der Waals surface area contributed by atoms with Crippen molar-refractivity contribution in [2.24, 2.45) is 0 Å². The first-order valence-corrected chi connectivity index (χ1v) is 7.83. The zero-order chi connectivity index (χ0) is 16.5. The van der Waals surface area contributed by atoms with Gasteiger partial charge in [-0.25, -0.2) is 4.39 Å². The average Bonchev–Trinajstić information content (AvgIpc) is 2.60. The van der Waals surface area contributed by atoms with Gasteiger partial charge in [0.05, 0.1) is 7.11 Å². The maximum atomic E-state index is 13.6. The Labute approximate surface area is 137 Å². The molecule has 0 heterocycles. The van der Waals surface area contributed by atoms with Crippen LogP contribution in [0.5, 0.6) is 5.75 Å². The van der Waals surface area contributed by atoms with Crippen molar-refractivity contribution in [3.05, 3.63) is 71.0 Å². The zero-order valence-corrected chi connectivity index (χ0v) is 13.6. The molecule has 0 aliphatic rings. The Bertz CT molecular complexity index is 700. The third kappa shape index (κ3) is 5.64. The Kier molecular flexibility index (Phi) is 6.44. The van der Waals surface area contributed by atoms with Crippen LogP contribution in [-0.4, -0.2) is 7.11 Å². The van der Waals surface area contributed by atoms with Gasteiger partial charge in [-0.2, -0.15) is 0 Å². The molecule has 0 atom stereocenters. The highest BCUT2D eigenvalue weighted by Crippen LogP contribution is 2.15. The molecule has 0 saturated carbocycles. The summed E-state index contributed by atoms with van der Waals surface area (Å²) in [4.78, 5) is 0. The summed E-state index contributed by atoms with van der Waals surface area (Å²) in [6.45, 7) is 2.06. The molecule has 0 radical (unpaired) electrons. The lowest BCUT2D eigenvalue weighted by Crippen LogP contribution is -1.82. The highest BCUT2D eigenvalue weighted by atomic mass is 19.1. The summed E-state index contributed by atoms with van der Waals surface area (Å²) < 4.78 is 18.7. The number of benzene rings is 2. The maximum absolute atomic E-state index is 13.6. The first kappa shape index (κ1) is 16.8. The molecule has 0 aliphatic heterocycles. The molecule has 0 amide bonds. The molecule has 23 heavy (non-hydrogen) atoms. The molecule has 2 aromatic rings. The van der Waals surface area contributed by atoms with E-state index in [0.717, 1.165) is 35.3 Å². The Morgan fingerprint density at radius 1 is 1.00 bits per heavy atom. The van der Waals surface area contributed by atoms with Crippen molar-refractivity contribution < 1.29 is 9.13 Å². The molecule has 0 aliphatic carbocycles. The molecule has 1 nitrogen and oxygen atoms in total. The molecular weight excluding hydrogens is 287 g/mol. The van der Waals surface area contributed by atoms with Crippen LogP contribution < -0.4 is 4.74 Å². The molecular formula is C21H21FO. The quantitative estimate of drug-likeness (QED) is 0.654. The number of hydrogen-bond donors (Lipinski definition) is 0. The number of unbranched alkanes of at least 4 members (excludes halogenated alkanes) is 1. The van der Waals surface area contributed by atoms with Crippen molar-refractivity contribution in [3.63, 3.8) is 0 Å². The lowest BCUT2D eigenvalue weighted by Gasteiger charge is -1.98. The molecule has 118 valence electrons. The SMILES string of the molecule is CCCC/C(F)=C\c1ccc(C#Cc2ccc(OC)cc2)cc1. The predicted molar refractivity (Wildman–Crippen MR) is 94.0 cm³/mol. The third-order valence-electron chi connectivity index (χ3n) is 3.44. The normalized spacial score (nSPS) is 10.8. The van der Waals surface area contributed by atoms with Gasteiger partial charge in [0.15, 0.2) is 0 Å². The summed E-state index contributed by atoms with van der Waals surface area (Å²) >= 11 is 0. The molecule has 0 saturated heterocycles. The fourth-order valence-corrected chi connectivity index (χ4v) is 2.08. The van der Waals surface area contributed by atoms with E-state index in [-0.39, 0.29) is 5.83 Å². The predicted octanol–water partition coefficient (Wildman–Crippen LogP) is 5.60. The van der Waals surface area contributed by atoms with Crippen LogP contribution in [0.1, 0.15) is 42.9 Å².